The first kappa shape index (κ1) is 11.9. The van der Waals surface area contributed by atoms with E-state index in [9.17, 15) is 4.79 Å². The van der Waals surface area contributed by atoms with Crippen molar-refractivity contribution in [2.24, 2.45) is 5.92 Å². The lowest BCUT2D eigenvalue weighted by Crippen LogP contribution is -2.53. The maximum atomic E-state index is 12.2. The Bertz CT molecular complexity index is 253. The molecule has 0 radical (unpaired) electrons. The lowest BCUT2D eigenvalue weighted by atomic mass is 9.97. The smallest absolute Gasteiger partial charge is 0.223 e. The van der Waals surface area contributed by atoms with Crippen LogP contribution >= 0.6 is 0 Å². The van der Waals surface area contributed by atoms with E-state index in [0.29, 0.717) is 24.9 Å². The predicted octanol–water partition coefficient (Wildman–Crippen LogP) is 0.622. The zero-order chi connectivity index (χ0) is 11.5. The molecule has 2 aliphatic heterocycles. The Kier molecular flexibility index (Phi) is 3.82. The third-order valence-electron chi connectivity index (χ3n) is 3.59. The molecule has 92 valence electrons. The van der Waals surface area contributed by atoms with Crippen LogP contribution in [-0.4, -0.2) is 49.2 Å². The van der Waals surface area contributed by atoms with Crippen LogP contribution in [0.4, 0.5) is 0 Å². The molecule has 1 amide bonds. The van der Waals surface area contributed by atoms with E-state index in [1.165, 1.54) is 0 Å². The van der Waals surface area contributed by atoms with E-state index in [1.807, 2.05) is 11.8 Å². The van der Waals surface area contributed by atoms with Crippen LogP contribution in [0.3, 0.4) is 0 Å². The highest BCUT2D eigenvalue weighted by atomic mass is 16.5. The third kappa shape index (κ3) is 2.55. The highest BCUT2D eigenvalue weighted by Gasteiger charge is 2.31. The van der Waals surface area contributed by atoms with Gasteiger partial charge in [0.05, 0.1) is 18.8 Å². The van der Waals surface area contributed by atoms with Gasteiger partial charge in [-0.3, -0.25) is 4.79 Å². The van der Waals surface area contributed by atoms with Crippen LogP contribution in [0, 0.1) is 5.92 Å². The van der Waals surface area contributed by atoms with Gasteiger partial charge in [-0.15, -0.1) is 0 Å². The second-order valence-electron chi connectivity index (χ2n) is 4.98. The van der Waals surface area contributed by atoms with Crippen LogP contribution in [0.1, 0.15) is 26.7 Å². The Morgan fingerprint density at radius 1 is 1.50 bits per heavy atom. The van der Waals surface area contributed by atoms with Gasteiger partial charge in [0.25, 0.3) is 0 Å². The number of carbonyl (C=O) groups is 1. The topological polar surface area (TPSA) is 41.6 Å². The molecule has 16 heavy (non-hydrogen) atoms. The SMILES string of the molecule is CCC1COC(C)CN1C(=O)CC1CNC1. The summed E-state index contributed by atoms with van der Waals surface area (Å²) in [6, 6.07) is 0.289. The minimum atomic E-state index is 0.186. The van der Waals surface area contributed by atoms with Crippen molar-refractivity contribution in [1.82, 2.24) is 10.2 Å². The summed E-state index contributed by atoms with van der Waals surface area (Å²) in [6.45, 7) is 7.63. The van der Waals surface area contributed by atoms with E-state index >= 15 is 0 Å². The molecule has 2 rings (SSSR count). The monoisotopic (exact) mass is 226 g/mol. The first-order valence-electron chi connectivity index (χ1n) is 6.32. The Morgan fingerprint density at radius 3 is 2.81 bits per heavy atom. The Balaban J connectivity index is 1.89. The Labute approximate surface area is 97.3 Å². The van der Waals surface area contributed by atoms with Gasteiger partial charge >= 0.3 is 0 Å². The summed E-state index contributed by atoms with van der Waals surface area (Å²) in [5.74, 6) is 0.872. The van der Waals surface area contributed by atoms with E-state index < -0.39 is 0 Å². The molecule has 2 unspecified atom stereocenters. The van der Waals surface area contributed by atoms with Gasteiger partial charge in [-0.2, -0.15) is 0 Å². The summed E-state index contributed by atoms with van der Waals surface area (Å²) in [6.07, 6.45) is 1.88. The van der Waals surface area contributed by atoms with Crippen LogP contribution in [0.25, 0.3) is 0 Å². The molecule has 2 saturated heterocycles. The van der Waals surface area contributed by atoms with Gasteiger partial charge in [0, 0.05) is 13.0 Å². The van der Waals surface area contributed by atoms with Crippen LogP contribution in [0.15, 0.2) is 0 Å². The van der Waals surface area contributed by atoms with Crippen LogP contribution in [0.5, 0.6) is 0 Å². The summed E-state index contributed by atoms with van der Waals surface area (Å²) >= 11 is 0. The molecule has 0 aromatic heterocycles. The molecule has 0 spiro atoms. The lowest BCUT2D eigenvalue weighted by Gasteiger charge is -2.39. The van der Waals surface area contributed by atoms with Gasteiger partial charge in [-0.1, -0.05) is 6.92 Å². The molecule has 2 fully saturated rings. The van der Waals surface area contributed by atoms with E-state index in [4.69, 9.17) is 4.74 Å². The quantitative estimate of drug-likeness (QED) is 0.767. The first-order valence-corrected chi connectivity index (χ1v) is 6.32. The summed E-state index contributed by atoms with van der Waals surface area (Å²) in [4.78, 5) is 14.2. The second-order valence-corrected chi connectivity index (χ2v) is 4.98. The molecule has 0 bridgehead atoms. The number of nitrogens with one attached hydrogen (secondary N) is 1. The predicted molar refractivity (Wildman–Crippen MR) is 62.2 cm³/mol. The zero-order valence-electron chi connectivity index (χ0n) is 10.2. The highest BCUT2D eigenvalue weighted by Crippen LogP contribution is 2.18. The summed E-state index contributed by atoms with van der Waals surface area (Å²) < 4.78 is 5.60. The number of hydrogen-bond acceptors (Lipinski definition) is 3. The number of nitrogens with zero attached hydrogens (tertiary/aromatic N) is 1. The van der Waals surface area contributed by atoms with Crippen LogP contribution in [-0.2, 0) is 9.53 Å². The molecular weight excluding hydrogens is 204 g/mol. The van der Waals surface area contributed by atoms with Gasteiger partial charge in [-0.05, 0) is 32.4 Å². The van der Waals surface area contributed by atoms with E-state index in [0.717, 1.165) is 26.1 Å². The summed E-state index contributed by atoms with van der Waals surface area (Å²) in [5.41, 5.74) is 0. The highest BCUT2D eigenvalue weighted by molar-refractivity contribution is 5.77. The van der Waals surface area contributed by atoms with Gasteiger partial charge in [0.2, 0.25) is 5.91 Å². The summed E-state index contributed by atoms with van der Waals surface area (Å²) in [7, 11) is 0. The van der Waals surface area contributed by atoms with Crippen molar-refractivity contribution < 1.29 is 9.53 Å². The average molecular weight is 226 g/mol. The number of hydrogen-bond donors (Lipinski definition) is 1. The molecule has 0 aromatic rings. The van der Waals surface area contributed by atoms with Gasteiger partial charge in [0.15, 0.2) is 0 Å². The number of carbonyl (C=O) groups excluding carboxylic acids is 1. The fourth-order valence-electron chi connectivity index (χ4n) is 2.34. The molecule has 2 atom stereocenters. The van der Waals surface area contributed by atoms with Crippen molar-refractivity contribution >= 4 is 5.91 Å². The van der Waals surface area contributed by atoms with Gasteiger partial charge < -0.3 is 15.0 Å². The molecule has 4 heteroatoms. The molecular formula is C12H22N2O2. The normalized spacial score (nSPS) is 31.2. The molecule has 1 N–H and O–H groups in total. The minimum Gasteiger partial charge on any atom is -0.375 e. The maximum absolute atomic E-state index is 12.2. The number of morpholine rings is 1. The van der Waals surface area contributed by atoms with Crippen molar-refractivity contribution in [2.75, 3.05) is 26.2 Å². The molecule has 0 aliphatic carbocycles. The van der Waals surface area contributed by atoms with Gasteiger partial charge in [-0.25, -0.2) is 0 Å². The van der Waals surface area contributed by atoms with E-state index in [2.05, 4.69) is 12.2 Å². The van der Waals surface area contributed by atoms with Gasteiger partial charge in [0.1, 0.15) is 0 Å². The molecule has 2 aliphatic rings. The Hall–Kier alpha value is -0.610. The van der Waals surface area contributed by atoms with Crippen molar-refractivity contribution in [3.8, 4) is 0 Å². The summed E-state index contributed by atoms with van der Waals surface area (Å²) in [5, 5.41) is 3.21. The first-order chi connectivity index (χ1) is 7.70. The largest absolute Gasteiger partial charge is 0.375 e. The van der Waals surface area contributed by atoms with Crippen LogP contribution < -0.4 is 5.32 Å². The van der Waals surface area contributed by atoms with E-state index in [1.54, 1.807) is 0 Å². The zero-order valence-corrected chi connectivity index (χ0v) is 10.2. The van der Waals surface area contributed by atoms with Crippen molar-refractivity contribution in [1.29, 1.82) is 0 Å². The van der Waals surface area contributed by atoms with Crippen molar-refractivity contribution in [3.63, 3.8) is 0 Å². The molecule has 4 nitrogen and oxygen atoms in total. The Morgan fingerprint density at radius 2 is 2.25 bits per heavy atom. The van der Waals surface area contributed by atoms with Crippen molar-refractivity contribution in [3.05, 3.63) is 0 Å². The second kappa shape index (κ2) is 5.15. The number of ether oxygens (including phenoxy) is 1. The minimum absolute atomic E-state index is 0.186. The molecule has 0 aromatic carbocycles. The van der Waals surface area contributed by atoms with Crippen LogP contribution in [0.2, 0.25) is 0 Å². The standard InChI is InChI=1S/C12H22N2O2/c1-3-11-8-16-9(2)7-14(11)12(15)4-10-5-13-6-10/h9-11,13H,3-8H2,1-2H3. The van der Waals surface area contributed by atoms with Crippen molar-refractivity contribution in [2.45, 2.75) is 38.8 Å². The fourth-order valence-corrected chi connectivity index (χ4v) is 2.34. The molecule has 0 saturated carbocycles. The number of rotatable bonds is 3. The number of amides is 1. The third-order valence-corrected chi connectivity index (χ3v) is 3.59. The fraction of sp³-hybridized carbons (Fsp3) is 0.917. The van der Waals surface area contributed by atoms with E-state index in [-0.39, 0.29) is 12.1 Å². The average Bonchev–Trinajstić information content (AvgIpc) is 2.23. The molecule has 2 heterocycles. The lowest BCUT2D eigenvalue weighted by molar-refractivity contribution is -0.145. The maximum Gasteiger partial charge on any atom is 0.223 e.